The van der Waals surface area contributed by atoms with Crippen LogP contribution in [-0.2, 0) is 14.4 Å². The van der Waals surface area contributed by atoms with Crippen LogP contribution in [0.2, 0.25) is 5.02 Å². The zero-order chi connectivity index (χ0) is 27.4. The largest absolute Gasteiger partial charge is 0.355 e. The third-order valence-corrected chi connectivity index (χ3v) is 7.60. The van der Waals surface area contributed by atoms with Gasteiger partial charge in [0.2, 0.25) is 17.7 Å². The van der Waals surface area contributed by atoms with E-state index in [-0.39, 0.29) is 30.0 Å². The minimum absolute atomic E-state index is 0.129. The van der Waals surface area contributed by atoms with Gasteiger partial charge in [0.1, 0.15) is 11.9 Å². The maximum absolute atomic E-state index is 13.7. The molecule has 1 fully saturated rings. The maximum atomic E-state index is 13.7. The Hall–Kier alpha value is -4.50. The number of rotatable bonds is 4. The topological polar surface area (TPSA) is 126 Å². The second kappa shape index (κ2) is 9.36. The molecule has 3 amide bonds. The number of nitrogens with zero attached hydrogens (tertiary/aromatic N) is 2. The minimum Gasteiger partial charge on any atom is -0.355 e. The van der Waals surface area contributed by atoms with Gasteiger partial charge >= 0.3 is 0 Å². The zero-order valence-corrected chi connectivity index (χ0v) is 21.9. The first-order valence-corrected chi connectivity index (χ1v) is 13.0. The Morgan fingerprint density at radius 2 is 1.90 bits per heavy atom. The molecule has 196 valence electrons. The van der Waals surface area contributed by atoms with Crippen molar-refractivity contribution in [1.82, 2.24) is 19.9 Å². The summed E-state index contributed by atoms with van der Waals surface area (Å²) in [6, 6.07) is 15.7. The maximum Gasteiger partial charge on any atom is 0.264 e. The summed E-state index contributed by atoms with van der Waals surface area (Å²) >= 11 is 6.18. The number of aromatic nitrogens is 3. The SMILES string of the molecule is Cc1nc2cccc(NC(=O)C(C)c3ccc4c(c3)[nH]c3ccc(Cl)cc34)c2c(=O)n1C1CCC(=O)NC1=O. The smallest absolute Gasteiger partial charge is 0.264 e. The van der Waals surface area contributed by atoms with Crippen LogP contribution in [0.1, 0.15) is 43.1 Å². The number of amides is 3. The van der Waals surface area contributed by atoms with E-state index < -0.39 is 23.4 Å². The Morgan fingerprint density at radius 1 is 1.08 bits per heavy atom. The van der Waals surface area contributed by atoms with Crippen molar-refractivity contribution in [2.75, 3.05) is 5.32 Å². The molecule has 10 heteroatoms. The number of carbonyl (C=O) groups is 3. The van der Waals surface area contributed by atoms with Gasteiger partial charge in [-0.1, -0.05) is 29.8 Å². The molecule has 0 aliphatic carbocycles. The fourth-order valence-electron chi connectivity index (χ4n) is 5.31. The Bertz CT molecular complexity index is 1910. The van der Waals surface area contributed by atoms with Gasteiger partial charge in [-0.05, 0) is 62.2 Å². The number of halogens is 1. The predicted octanol–water partition coefficient (Wildman–Crippen LogP) is 4.71. The molecule has 9 nitrogen and oxygen atoms in total. The van der Waals surface area contributed by atoms with Gasteiger partial charge in [0.05, 0.1) is 22.5 Å². The molecule has 6 rings (SSSR count). The monoisotopic (exact) mass is 541 g/mol. The first-order chi connectivity index (χ1) is 18.7. The molecule has 1 aliphatic rings. The third-order valence-electron chi connectivity index (χ3n) is 7.36. The molecule has 3 N–H and O–H groups in total. The first kappa shape index (κ1) is 24.8. The fraction of sp³-hybridized carbons (Fsp3) is 0.207. The van der Waals surface area contributed by atoms with Crippen LogP contribution in [-0.4, -0.2) is 32.3 Å². The highest BCUT2D eigenvalue weighted by molar-refractivity contribution is 6.31. The third kappa shape index (κ3) is 4.24. The highest BCUT2D eigenvalue weighted by atomic mass is 35.5. The van der Waals surface area contributed by atoms with Gasteiger partial charge in [0.25, 0.3) is 5.56 Å². The highest BCUT2D eigenvalue weighted by Gasteiger charge is 2.31. The number of benzene rings is 3. The standard InChI is InChI=1S/C29H24ClN5O4/c1-14(16-6-8-18-19-13-17(30)7-9-20(19)32-23(18)12-16)27(37)33-22-5-3-4-21-26(22)29(39)35(15(2)31-21)24-10-11-25(36)34-28(24)38/h3-9,12-14,24,32H,10-11H2,1-2H3,(H,33,37)(H,34,36,38). The van der Waals surface area contributed by atoms with Crippen LogP contribution in [0, 0.1) is 6.92 Å². The number of fused-ring (bicyclic) bond motifs is 4. The average Bonchev–Trinajstić information content (AvgIpc) is 3.26. The normalized spacial score (nSPS) is 16.5. The van der Waals surface area contributed by atoms with Crippen molar-refractivity contribution in [3.05, 3.63) is 81.4 Å². The van der Waals surface area contributed by atoms with E-state index in [4.69, 9.17) is 11.6 Å². The van der Waals surface area contributed by atoms with E-state index in [1.54, 1.807) is 32.0 Å². The summed E-state index contributed by atoms with van der Waals surface area (Å²) in [6.07, 6.45) is 0.330. The molecule has 39 heavy (non-hydrogen) atoms. The van der Waals surface area contributed by atoms with Gasteiger partial charge in [0.15, 0.2) is 0 Å². The van der Waals surface area contributed by atoms with Gasteiger partial charge < -0.3 is 10.3 Å². The Balaban J connectivity index is 1.34. The van der Waals surface area contributed by atoms with Gasteiger partial charge in [-0.2, -0.15) is 0 Å². The van der Waals surface area contributed by atoms with Gasteiger partial charge in [-0.25, -0.2) is 4.98 Å². The molecule has 1 saturated heterocycles. The quantitative estimate of drug-likeness (QED) is 0.284. The number of nitrogens with one attached hydrogen (secondary N) is 3. The van der Waals surface area contributed by atoms with E-state index in [2.05, 4.69) is 20.6 Å². The van der Waals surface area contributed by atoms with E-state index in [9.17, 15) is 19.2 Å². The highest BCUT2D eigenvalue weighted by Crippen LogP contribution is 2.31. The Morgan fingerprint density at radius 3 is 2.69 bits per heavy atom. The van der Waals surface area contributed by atoms with Crippen LogP contribution in [0.5, 0.6) is 0 Å². The number of carbonyl (C=O) groups excluding carboxylic acids is 3. The molecule has 3 aromatic carbocycles. The number of anilines is 1. The molecule has 5 aromatic rings. The van der Waals surface area contributed by atoms with Crippen molar-refractivity contribution >= 4 is 67.7 Å². The molecule has 0 saturated carbocycles. The van der Waals surface area contributed by atoms with Crippen LogP contribution in [0.15, 0.2) is 59.4 Å². The second-order valence-corrected chi connectivity index (χ2v) is 10.3. The molecule has 0 bridgehead atoms. The number of aryl methyl sites for hydroxylation is 1. The molecule has 2 atom stereocenters. The average molecular weight is 542 g/mol. The molecule has 0 radical (unpaired) electrons. The van der Waals surface area contributed by atoms with E-state index >= 15 is 0 Å². The number of hydrogen-bond acceptors (Lipinski definition) is 5. The van der Waals surface area contributed by atoms with E-state index in [1.807, 2.05) is 36.4 Å². The van der Waals surface area contributed by atoms with Crippen LogP contribution in [0.3, 0.4) is 0 Å². The van der Waals surface area contributed by atoms with Crippen molar-refractivity contribution in [3.8, 4) is 0 Å². The summed E-state index contributed by atoms with van der Waals surface area (Å²) in [5, 5.41) is 8.06. The van der Waals surface area contributed by atoms with Gasteiger partial charge in [0, 0.05) is 33.2 Å². The van der Waals surface area contributed by atoms with Gasteiger partial charge in [-0.3, -0.25) is 29.1 Å². The summed E-state index contributed by atoms with van der Waals surface area (Å²) in [6.45, 7) is 3.44. The molecule has 2 unspecified atom stereocenters. The number of aromatic amines is 1. The predicted molar refractivity (Wildman–Crippen MR) is 150 cm³/mol. The molecular weight excluding hydrogens is 518 g/mol. The minimum atomic E-state index is -0.854. The van der Waals surface area contributed by atoms with Gasteiger partial charge in [-0.15, -0.1) is 0 Å². The van der Waals surface area contributed by atoms with Crippen LogP contribution in [0.25, 0.3) is 32.7 Å². The van der Waals surface area contributed by atoms with Crippen molar-refractivity contribution in [1.29, 1.82) is 0 Å². The lowest BCUT2D eigenvalue weighted by Gasteiger charge is -2.24. The number of imide groups is 1. The lowest BCUT2D eigenvalue weighted by Crippen LogP contribution is -2.45. The molecule has 2 aromatic heterocycles. The van der Waals surface area contributed by atoms with Crippen molar-refractivity contribution in [2.24, 2.45) is 0 Å². The van der Waals surface area contributed by atoms with Crippen LogP contribution >= 0.6 is 11.6 Å². The number of hydrogen-bond donors (Lipinski definition) is 3. The van der Waals surface area contributed by atoms with Crippen molar-refractivity contribution in [3.63, 3.8) is 0 Å². The van der Waals surface area contributed by atoms with Crippen molar-refractivity contribution < 1.29 is 14.4 Å². The van der Waals surface area contributed by atoms with E-state index in [0.717, 1.165) is 27.4 Å². The van der Waals surface area contributed by atoms with E-state index in [1.165, 1.54) is 4.57 Å². The lowest BCUT2D eigenvalue weighted by atomic mass is 9.98. The molecule has 1 aliphatic heterocycles. The first-order valence-electron chi connectivity index (χ1n) is 12.6. The fourth-order valence-corrected chi connectivity index (χ4v) is 5.48. The van der Waals surface area contributed by atoms with Crippen LogP contribution < -0.4 is 16.2 Å². The van der Waals surface area contributed by atoms with Crippen LogP contribution in [0.4, 0.5) is 5.69 Å². The van der Waals surface area contributed by atoms with Crippen molar-refractivity contribution in [2.45, 2.75) is 38.6 Å². The summed E-state index contributed by atoms with van der Waals surface area (Å²) in [4.78, 5) is 59.1. The summed E-state index contributed by atoms with van der Waals surface area (Å²) < 4.78 is 1.30. The summed E-state index contributed by atoms with van der Waals surface area (Å²) in [5.74, 6) is -1.38. The molecule has 0 spiro atoms. The zero-order valence-electron chi connectivity index (χ0n) is 21.2. The Labute approximate surface area is 227 Å². The second-order valence-electron chi connectivity index (χ2n) is 9.83. The Kier molecular flexibility index (Phi) is 5.95. The lowest BCUT2D eigenvalue weighted by molar-refractivity contribution is -0.135. The molecular formula is C29H24ClN5O4. The molecule has 3 heterocycles. The number of piperidine rings is 1. The van der Waals surface area contributed by atoms with E-state index in [0.29, 0.717) is 22.1 Å². The number of H-pyrrole nitrogens is 1. The summed E-state index contributed by atoms with van der Waals surface area (Å²) in [7, 11) is 0. The summed E-state index contributed by atoms with van der Waals surface area (Å²) in [5.41, 5.74) is 2.91.